The lowest BCUT2D eigenvalue weighted by Gasteiger charge is -2.24. The van der Waals surface area contributed by atoms with E-state index in [0.29, 0.717) is 0 Å². The second kappa shape index (κ2) is 3.24. The molecule has 1 aromatic rings. The van der Waals surface area contributed by atoms with Crippen LogP contribution in [0.15, 0.2) is 22.7 Å². The molecular formula is C9H3F7S. The zero-order chi connectivity index (χ0) is 13.1. The van der Waals surface area contributed by atoms with Crippen LogP contribution in [-0.2, 0) is 0 Å². The van der Waals surface area contributed by atoms with Gasteiger partial charge in [0, 0.05) is 0 Å². The smallest absolute Gasteiger partial charge is 0.204 e. The van der Waals surface area contributed by atoms with Gasteiger partial charge in [0.05, 0.1) is 5.57 Å². The normalized spacial score (nSPS) is 25.4. The Morgan fingerprint density at radius 2 is 1.53 bits per heavy atom. The molecule has 0 aliphatic heterocycles. The first-order valence-corrected chi connectivity index (χ1v) is 5.15. The number of halogens is 7. The fraction of sp³-hybridized carbons (Fsp3) is 0.333. The average molecular weight is 276 g/mol. The van der Waals surface area contributed by atoms with Gasteiger partial charge >= 0.3 is 17.8 Å². The molecule has 0 saturated heterocycles. The van der Waals surface area contributed by atoms with E-state index >= 15 is 0 Å². The van der Waals surface area contributed by atoms with Gasteiger partial charge in [-0.15, -0.1) is 0 Å². The third kappa shape index (κ3) is 1.30. The van der Waals surface area contributed by atoms with Crippen molar-refractivity contribution >= 4 is 16.9 Å². The number of allylic oxidation sites excluding steroid dienone is 2. The van der Waals surface area contributed by atoms with Crippen molar-refractivity contribution in [1.82, 2.24) is 0 Å². The first-order valence-electron chi connectivity index (χ1n) is 4.20. The Hall–Kier alpha value is -1.05. The maximum atomic E-state index is 13.2. The molecule has 1 aliphatic rings. The summed E-state index contributed by atoms with van der Waals surface area (Å²) >= 11 is 0.806. The minimum atomic E-state index is -5.76. The fourth-order valence-corrected chi connectivity index (χ4v) is 2.15. The summed E-state index contributed by atoms with van der Waals surface area (Å²) in [4.78, 5) is 0. The standard InChI is InChI=1S/C9H3F7S/c10-6-5(4-1-2-17-3-4)7(11,12)9(15,16)8(6,13)14/h1-3H. The Bertz CT molecular complexity index is 472. The number of thiophene rings is 1. The summed E-state index contributed by atoms with van der Waals surface area (Å²) in [5.41, 5.74) is -2.59. The lowest BCUT2D eigenvalue weighted by Crippen LogP contribution is -2.48. The van der Waals surface area contributed by atoms with Gasteiger partial charge in [0.25, 0.3) is 0 Å². The van der Waals surface area contributed by atoms with Crippen molar-refractivity contribution in [3.05, 3.63) is 28.2 Å². The van der Waals surface area contributed by atoms with Gasteiger partial charge in [0.15, 0.2) is 5.83 Å². The third-order valence-corrected chi connectivity index (χ3v) is 3.09. The quantitative estimate of drug-likeness (QED) is 0.669. The Morgan fingerprint density at radius 3 is 1.88 bits per heavy atom. The van der Waals surface area contributed by atoms with Crippen LogP contribution in [0.25, 0.3) is 5.57 Å². The second-order valence-electron chi connectivity index (χ2n) is 3.42. The lowest BCUT2D eigenvalue weighted by atomic mass is 10.0. The fourth-order valence-electron chi connectivity index (χ4n) is 1.50. The molecule has 0 saturated carbocycles. The van der Waals surface area contributed by atoms with Gasteiger partial charge in [-0.3, -0.25) is 0 Å². The molecule has 0 radical (unpaired) electrons. The minimum Gasteiger partial charge on any atom is -0.204 e. The summed E-state index contributed by atoms with van der Waals surface area (Å²) in [6, 6.07) is 0.880. The molecule has 0 bridgehead atoms. The van der Waals surface area contributed by atoms with Gasteiger partial charge in [-0.1, -0.05) is 0 Å². The zero-order valence-corrected chi connectivity index (χ0v) is 8.60. The van der Waals surface area contributed by atoms with Crippen molar-refractivity contribution in [2.45, 2.75) is 17.8 Å². The van der Waals surface area contributed by atoms with Crippen LogP contribution in [0.5, 0.6) is 0 Å². The Balaban J connectivity index is 2.70. The van der Waals surface area contributed by atoms with Crippen LogP contribution in [0.4, 0.5) is 30.7 Å². The van der Waals surface area contributed by atoms with Crippen LogP contribution in [0.1, 0.15) is 5.56 Å². The molecule has 1 heterocycles. The van der Waals surface area contributed by atoms with Crippen molar-refractivity contribution in [2.75, 3.05) is 0 Å². The molecule has 0 N–H and O–H groups in total. The Morgan fingerprint density at radius 1 is 0.941 bits per heavy atom. The highest BCUT2D eigenvalue weighted by molar-refractivity contribution is 7.08. The summed E-state index contributed by atoms with van der Waals surface area (Å²) in [6.45, 7) is 0. The first kappa shape index (κ1) is 12.4. The van der Waals surface area contributed by atoms with Crippen LogP contribution in [0, 0.1) is 0 Å². The SMILES string of the molecule is FC1=C(c2ccsc2)C(F)(F)C(F)(F)C1(F)F. The maximum Gasteiger partial charge on any atom is 0.383 e. The molecule has 1 aromatic heterocycles. The van der Waals surface area contributed by atoms with Crippen molar-refractivity contribution in [3.63, 3.8) is 0 Å². The second-order valence-corrected chi connectivity index (χ2v) is 4.20. The number of hydrogen-bond donors (Lipinski definition) is 0. The molecule has 0 spiro atoms. The number of rotatable bonds is 1. The van der Waals surface area contributed by atoms with Gasteiger partial charge in [0.1, 0.15) is 0 Å². The predicted molar refractivity (Wildman–Crippen MR) is 47.2 cm³/mol. The summed E-state index contributed by atoms with van der Waals surface area (Å²) in [5, 5.41) is 2.10. The highest BCUT2D eigenvalue weighted by atomic mass is 32.1. The minimum absolute atomic E-state index is 0.658. The van der Waals surface area contributed by atoms with E-state index < -0.39 is 34.7 Å². The van der Waals surface area contributed by atoms with E-state index in [4.69, 9.17) is 0 Å². The van der Waals surface area contributed by atoms with Crippen LogP contribution in [-0.4, -0.2) is 17.8 Å². The first-order chi connectivity index (χ1) is 7.64. The molecule has 8 heteroatoms. The van der Waals surface area contributed by atoms with Gasteiger partial charge in [-0.2, -0.15) is 37.7 Å². The van der Waals surface area contributed by atoms with E-state index in [1.165, 1.54) is 5.38 Å². The topological polar surface area (TPSA) is 0 Å². The van der Waals surface area contributed by atoms with Crippen LogP contribution in [0.2, 0.25) is 0 Å². The Kier molecular flexibility index (Phi) is 2.37. The molecule has 1 aliphatic carbocycles. The van der Waals surface area contributed by atoms with E-state index in [0.717, 1.165) is 22.8 Å². The van der Waals surface area contributed by atoms with E-state index in [9.17, 15) is 30.7 Å². The van der Waals surface area contributed by atoms with Crippen molar-refractivity contribution in [3.8, 4) is 0 Å². The third-order valence-electron chi connectivity index (χ3n) is 2.41. The van der Waals surface area contributed by atoms with Crippen molar-refractivity contribution in [1.29, 1.82) is 0 Å². The molecule has 2 rings (SSSR count). The molecule has 0 atom stereocenters. The molecule has 0 aromatic carbocycles. The zero-order valence-electron chi connectivity index (χ0n) is 7.79. The van der Waals surface area contributed by atoms with Crippen LogP contribution < -0.4 is 0 Å². The summed E-state index contributed by atoms with van der Waals surface area (Å²) in [7, 11) is 0. The summed E-state index contributed by atoms with van der Waals surface area (Å²) < 4.78 is 90.7. The molecule has 0 amide bonds. The van der Waals surface area contributed by atoms with Crippen molar-refractivity contribution < 1.29 is 30.7 Å². The summed E-state index contributed by atoms with van der Waals surface area (Å²) in [6.07, 6.45) is 0. The highest BCUT2D eigenvalue weighted by Crippen LogP contribution is 2.62. The molecule has 0 unspecified atom stereocenters. The number of alkyl halides is 6. The maximum absolute atomic E-state index is 13.2. The predicted octanol–water partition coefficient (Wildman–Crippen LogP) is 4.35. The highest BCUT2D eigenvalue weighted by Gasteiger charge is 2.81. The van der Waals surface area contributed by atoms with Gasteiger partial charge in [-0.25, -0.2) is 4.39 Å². The van der Waals surface area contributed by atoms with Crippen LogP contribution >= 0.6 is 11.3 Å². The largest absolute Gasteiger partial charge is 0.383 e. The monoisotopic (exact) mass is 276 g/mol. The van der Waals surface area contributed by atoms with E-state index in [2.05, 4.69) is 0 Å². The van der Waals surface area contributed by atoms with E-state index in [1.54, 1.807) is 0 Å². The molecule has 17 heavy (non-hydrogen) atoms. The lowest BCUT2D eigenvalue weighted by molar-refractivity contribution is -0.263. The van der Waals surface area contributed by atoms with E-state index in [-0.39, 0.29) is 0 Å². The van der Waals surface area contributed by atoms with Gasteiger partial charge in [-0.05, 0) is 22.4 Å². The molecule has 0 fully saturated rings. The Labute approximate surface area is 94.4 Å². The van der Waals surface area contributed by atoms with Gasteiger partial charge < -0.3 is 0 Å². The van der Waals surface area contributed by atoms with Crippen LogP contribution in [0.3, 0.4) is 0 Å². The average Bonchev–Trinajstić information content (AvgIpc) is 2.72. The van der Waals surface area contributed by atoms with E-state index in [1.807, 2.05) is 0 Å². The molecule has 94 valence electrons. The molecular weight excluding hydrogens is 273 g/mol. The number of hydrogen-bond acceptors (Lipinski definition) is 1. The molecule has 0 nitrogen and oxygen atoms in total. The van der Waals surface area contributed by atoms with Crippen molar-refractivity contribution in [2.24, 2.45) is 0 Å². The summed E-state index contributed by atoms with van der Waals surface area (Å²) in [5.74, 6) is -19.3. The van der Waals surface area contributed by atoms with Gasteiger partial charge in [0.2, 0.25) is 0 Å².